The van der Waals surface area contributed by atoms with Gasteiger partial charge in [0, 0.05) is 0 Å². The Hall–Kier alpha value is 0.270. The van der Waals surface area contributed by atoms with Crippen molar-refractivity contribution in [2.24, 2.45) is 0 Å². The molecule has 0 heterocycles. The summed E-state index contributed by atoms with van der Waals surface area (Å²) in [6, 6.07) is 0. The standard InChI is InChI=1S/CH2OS2/c2-1-4-3/h1-2H. The number of hydrogen-bond donors (Lipinski definition) is 1. The Morgan fingerprint density at radius 3 is 2.25 bits per heavy atom. The monoisotopic (exact) mass is 94.0 g/mol. The lowest BCUT2D eigenvalue weighted by atomic mass is 11.8. The lowest BCUT2D eigenvalue weighted by Gasteiger charge is -1.39. The Morgan fingerprint density at radius 1 is 2.00 bits per heavy atom. The van der Waals surface area contributed by atoms with Gasteiger partial charge in [-0.1, -0.05) is 9.91 Å². The molecule has 0 radical (unpaired) electrons. The maximum atomic E-state index is 7.61. The molecule has 0 aromatic carbocycles. The van der Waals surface area contributed by atoms with Gasteiger partial charge in [-0.25, -0.2) is 0 Å². The minimum Gasteiger partial charge on any atom is -0.357 e. The van der Waals surface area contributed by atoms with E-state index in [1.807, 2.05) is 0 Å². The van der Waals surface area contributed by atoms with Crippen molar-refractivity contribution in [2.45, 2.75) is 0 Å². The maximum absolute atomic E-state index is 7.61. The molecular weight excluding hydrogens is 92.1 g/mol. The molecular formula is CH2OS2. The highest BCUT2D eigenvalue weighted by molar-refractivity contribution is 8.16. The van der Waals surface area contributed by atoms with Crippen LogP contribution in [0.1, 0.15) is 0 Å². The van der Waals surface area contributed by atoms with Crippen LogP contribution in [0.2, 0.25) is 0 Å². The fourth-order valence-electron chi connectivity index (χ4n) is 0. The van der Waals surface area contributed by atoms with E-state index in [0.29, 0.717) is 0 Å². The zero-order valence-electron chi connectivity index (χ0n) is 1.84. The number of hydrogen-bond acceptors (Lipinski definition) is 1. The summed E-state index contributed by atoms with van der Waals surface area (Å²) in [4.78, 5) is 0. The first-order valence-corrected chi connectivity index (χ1v) is 2.47. The zero-order valence-corrected chi connectivity index (χ0v) is 3.47. The number of aliphatic hydroxyl groups excluding tert-OH is 1. The minimum absolute atomic E-state index is 0.856. The summed E-state index contributed by atoms with van der Waals surface area (Å²) in [6.45, 7) is 0. The number of aliphatic hydroxyl groups is 1. The van der Waals surface area contributed by atoms with E-state index in [4.69, 9.17) is 5.11 Å². The van der Waals surface area contributed by atoms with Gasteiger partial charge in [-0.05, 0) is 11.2 Å². The second kappa shape index (κ2) is 3.27. The van der Waals surface area contributed by atoms with Crippen LogP contribution >= 0.6 is 0 Å². The largest absolute Gasteiger partial charge is 0.357 e. The number of rotatable bonds is 0. The molecule has 0 aliphatic carbocycles. The van der Waals surface area contributed by atoms with E-state index in [1.54, 1.807) is 0 Å². The SMILES string of the molecule is OC=S=S. The Bertz CT molecular complexity index is 44.0. The van der Waals surface area contributed by atoms with E-state index in [-0.39, 0.29) is 0 Å². The molecule has 0 aromatic rings. The highest BCUT2D eigenvalue weighted by Gasteiger charge is 1.26. The normalized spacial score (nSPS) is 5.25. The summed E-state index contributed by atoms with van der Waals surface area (Å²) in [5.41, 5.74) is 0.856. The van der Waals surface area contributed by atoms with Gasteiger partial charge < -0.3 is 5.11 Å². The van der Waals surface area contributed by atoms with Crippen LogP contribution < -0.4 is 0 Å². The van der Waals surface area contributed by atoms with Crippen molar-refractivity contribution in [3.63, 3.8) is 0 Å². The van der Waals surface area contributed by atoms with Gasteiger partial charge in [0.15, 0.2) is 0 Å². The molecule has 24 valence electrons. The van der Waals surface area contributed by atoms with Gasteiger partial charge >= 0.3 is 0 Å². The fourth-order valence-corrected chi connectivity index (χ4v) is 0. The molecule has 0 spiro atoms. The van der Waals surface area contributed by atoms with Crippen molar-refractivity contribution >= 4 is 26.7 Å². The van der Waals surface area contributed by atoms with Crippen molar-refractivity contribution in [3.8, 4) is 0 Å². The third-order valence-corrected chi connectivity index (χ3v) is 0.387. The second-order valence-corrected chi connectivity index (χ2v) is 1.18. The zero-order chi connectivity index (χ0) is 3.41. The van der Waals surface area contributed by atoms with E-state index < -0.39 is 0 Å². The summed E-state index contributed by atoms with van der Waals surface area (Å²) < 4.78 is 0. The Labute approximate surface area is 32.5 Å². The quantitative estimate of drug-likeness (QED) is 0.421. The summed E-state index contributed by atoms with van der Waals surface area (Å²) in [5.74, 6) is 0. The Morgan fingerprint density at radius 2 is 2.25 bits per heavy atom. The van der Waals surface area contributed by atoms with Crippen molar-refractivity contribution < 1.29 is 5.11 Å². The van der Waals surface area contributed by atoms with Crippen molar-refractivity contribution in [1.82, 2.24) is 0 Å². The molecule has 0 amide bonds. The minimum atomic E-state index is 0.856. The van der Waals surface area contributed by atoms with Crippen LogP contribution in [-0.2, 0) is 21.1 Å². The molecule has 3 heteroatoms. The van der Waals surface area contributed by atoms with Crippen LogP contribution in [-0.4, -0.2) is 10.7 Å². The highest BCUT2D eigenvalue weighted by atomic mass is 32.8. The van der Waals surface area contributed by atoms with Gasteiger partial charge in [0.25, 0.3) is 0 Å². The van der Waals surface area contributed by atoms with Gasteiger partial charge in [0.2, 0.25) is 0 Å². The van der Waals surface area contributed by atoms with Crippen molar-refractivity contribution in [1.29, 1.82) is 0 Å². The molecule has 0 aromatic heterocycles. The average molecular weight is 94.2 g/mol. The molecule has 4 heavy (non-hydrogen) atoms. The van der Waals surface area contributed by atoms with Gasteiger partial charge in [0.05, 0.1) is 5.55 Å². The first kappa shape index (κ1) is 4.27. The molecule has 0 aliphatic heterocycles. The van der Waals surface area contributed by atoms with Crippen LogP contribution in [0.4, 0.5) is 0 Å². The van der Waals surface area contributed by atoms with E-state index in [9.17, 15) is 0 Å². The molecule has 0 saturated carbocycles. The first-order chi connectivity index (χ1) is 1.91. The van der Waals surface area contributed by atoms with Crippen LogP contribution in [0.3, 0.4) is 0 Å². The maximum Gasteiger partial charge on any atom is 0.0988 e. The topological polar surface area (TPSA) is 20.2 Å². The van der Waals surface area contributed by atoms with Gasteiger partial charge in [-0.2, -0.15) is 0 Å². The predicted octanol–water partition coefficient (Wildman–Crippen LogP) is -0.151. The van der Waals surface area contributed by atoms with Gasteiger partial charge in [-0.3, -0.25) is 0 Å². The molecule has 0 saturated heterocycles. The van der Waals surface area contributed by atoms with Crippen molar-refractivity contribution in [3.05, 3.63) is 0 Å². The third kappa shape index (κ3) is 2.27. The first-order valence-electron chi connectivity index (χ1n) is 0.661. The summed E-state index contributed by atoms with van der Waals surface area (Å²) in [7, 11) is 0.870. The van der Waals surface area contributed by atoms with Crippen LogP contribution in [0.25, 0.3) is 0 Å². The summed E-state index contributed by atoms with van der Waals surface area (Å²) >= 11 is 4.16. The summed E-state index contributed by atoms with van der Waals surface area (Å²) in [6.07, 6.45) is 0. The van der Waals surface area contributed by atoms with Crippen LogP contribution in [0, 0.1) is 0 Å². The summed E-state index contributed by atoms with van der Waals surface area (Å²) in [5, 5.41) is 7.61. The molecule has 0 bridgehead atoms. The molecule has 1 nitrogen and oxygen atoms in total. The Kier molecular flexibility index (Phi) is 3.49. The van der Waals surface area contributed by atoms with E-state index in [1.165, 1.54) is 0 Å². The van der Waals surface area contributed by atoms with Crippen molar-refractivity contribution in [2.75, 3.05) is 0 Å². The smallest absolute Gasteiger partial charge is 0.0988 e. The van der Waals surface area contributed by atoms with Gasteiger partial charge in [0.1, 0.15) is 0 Å². The molecule has 0 atom stereocenters. The lowest BCUT2D eigenvalue weighted by molar-refractivity contribution is 0.593. The molecule has 0 aliphatic rings. The van der Waals surface area contributed by atoms with Crippen LogP contribution in [0.5, 0.6) is 0 Å². The predicted molar refractivity (Wildman–Crippen MR) is 23.4 cm³/mol. The average Bonchev–Trinajstić information content (AvgIpc) is 1.37. The van der Waals surface area contributed by atoms with E-state index in [2.05, 4.69) is 11.2 Å². The van der Waals surface area contributed by atoms with Crippen LogP contribution in [0.15, 0.2) is 0 Å². The molecule has 0 unspecified atom stereocenters. The molecule has 1 N–H and O–H groups in total. The van der Waals surface area contributed by atoms with E-state index in [0.717, 1.165) is 15.5 Å². The lowest BCUT2D eigenvalue weighted by Crippen LogP contribution is -1.52. The van der Waals surface area contributed by atoms with E-state index >= 15 is 0 Å². The second-order valence-electron chi connectivity index (χ2n) is 0.202. The third-order valence-electron chi connectivity index (χ3n) is 0.0430. The highest BCUT2D eigenvalue weighted by Crippen LogP contribution is 1.14. The molecule has 0 fully saturated rings. The molecule has 0 rings (SSSR count). The van der Waals surface area contributed by atoms with Gasteiger partial charge in [-0.15, -0.1) is 0 Å². The Balaban J connectivity index is 3.11. The fraction of sp³-hybridized carbons (Fsp3) is 0.